The van der Waals surface area contributed by atoms with Crippen molar-refractivity contribution in [3.05, 3.63) is 89.5 Å². The summed E-state index contributed by atoms with van der Waals surface area (Å²) < 4.78 is 14.2. The molecule has 1 heterocycles. The Kier molecular flexibility index (Phi) is 5.42. The lowest BCUT2D eigenvalue weighted by molar-refractivity contribution is 0.0993. The first-order chi connectivity index (χ1) is 12.6. The van der Waals surface area contributed by atoms with Crippen molar-refractivity contribution in [2.45, 2.75) is 20.3 Å². The van der Waals surface area contributed by atoms with E-state index in [0.717, 1.165) is 11.3 Å². The van der Waals surface area contributed by atoms with E-state index in [2.05, 4.69) is 4.98 Å². The number of rotatable bonds is 6. The van der Waals surface area contributed by atoms with Crippen LogP contribution in [-0.2, 0) is 6.42 Å². The van der Waals surface area contributed by atoms with Crippen molar-refractivity contribution in [1.29, 1.82) is 0 Å². The molecule has 0 aliphatic heterocycles. The lowest BCUT2D eigenvalue weighted by Gasteiger charge is -2.23. The van der Waals surface area contributed by atoms with Crippen molar-refractivity contribution in [3.8, 4) is 0 Å². The molecule has 0 radical (unpaired) electrons. The number of halogens is 1. The van der Waals surface area contributed by atoms with Gasteiger partial charge in [-0.25, -0.2) is 4.39 Å². The third kappa shape index (κ3) is 4.14. The monoisotopic (exact) mass is 348 g/mol. The van der Waals surface area contributed by atoms with Crippen LogP contribution in [0.15, 0.2) is 67.0 Å². The van der Waals surface area contributed by atoms with Crippen LogP contribution in [0.5, 0.6) is 0 Å². The van der Waals surface area contributed by atoms with E-state index in [9.17, 15) is 9.18 Å². The van der Waals surface area contributed by atoms with Crippen molar-refractivity contribution >= 4 is 17.2 Å². The average molecular weight is 348 g/mol. The lowest BCUT2D eigenvalue weighted by atomic mass is 10.0. The van der Waals surface area contributed by atoms with Crippen molar-refractivity contribution in [2.24, 2.45) is 0 Å². The fraction of sp³-hybridized carbons (Fsp3) is 0.182. The summed E-state index contributed by atoms with van der Waals surface area (Å²) in [5.41, 5.74) is 3.94. The lowest BCUT2D eigenvalue weighted by Crippen LogP contribution is -2.17. The molecule has 0 unspecified atom stereocenters. The Hall–Kier alpha value is -3.01. The highest BCUT2D eigenvalue weighted by molar-refractivity contribution is 5.97. The molecule has 1 aromatic heterocycles. The average Bonchev–Trinajstić information content (AvgIpc) is 2.63. The molecule has 0 fully saturated rings. The number of benzene rings is 2. The molecule has 2 aromatic carbocycles. The number of hydrogen-bond donors (Lipinski definition) is 0. The predicted molar refractivity (Wildman–Crippen MR) is 103 cm³/mol. The van der Waals surface area contributed by atoms with E-state index in [1.165, 1.54) is 12.1 Å². The van der Waals surface area contributed by atoms with Gasteiger partial charge in [0, 0.05) is 30.4 Å². The van der Waals surface area contributed by atoms with E-state index >= 15 is 0 Å². The molecule has 4 heteroatoms. The van der Waals surface area contributed by atoms with E-state index in [1.807, 2.05) is 55.1 Å². The molecule has 3 rings (SSSR count). The maximum atomic E-state index is 14.2. The maximum Gasteiger partial charge on any atom is 0.167 e. The van der Waals surface area contributed by atoms with Gasteiger partial charge in [0.25, 0.3) is 0 Å². The number of hydrogen-bond acceptors (Lipinski definition) is 3. The zero-order valence-corrected chi connectivity index (χ0v) is 14.9. The fourth-order valence-corrected chi connectivity index (χ4v) is 3.02. The van der Waals surface area contributed by atoms with E-state index in [4.69, 9.17) is 0 Å². The number of ketones is 1. The van der Waals surface area contributed by atoms with Crippen molar-refractivity contribution in [1.82, 2.24) is 4.98 Å². The van der Waals surface area contributed by atoms with Crippen LogP contribution < -0.4 is 4.90 Å². The number of carbonyl (C=O) groups excluding carboxylic acids is 1. The third-order valence-corrected chi connectivity index (χ3v) is 4.23. The van der Waals surface area contributed by atoms with Gasteiger partial charge in [-0.15, -0.1) is 0 Å². The van der Waals surface area contributed by atoms with Gasteiger partial charge in [-0.3, -0.25) is 9.78 Å². The summed E-state index contributed by atoms with van der Waals surface area (Å²) >= 11 is 0. The summed E-state index contributed by atoms with van der Waals surface area (Å²) in [7, 11) is 0. The summed E-state index contributed by atoms with van der Waals surface area (Å²) in [5.74, 6) is -0.369. The van der Waals surface area contributed by atoms with Gasteiger partial charge in [0.1, 0.15) is 5.82 Å². The van der Waals surface area contributed by atoms with Gasteiger partial charge < -0.3 is 4.90 Å². The zero-order valence-electron chi connectivity index (χ0n) is 14.9. The molecule has 3 aromatic rings. The van der Waals surface area contributed by atoms with Crippen LogP contribution in [0.25, 0.3) is 0 Å². The fourth-order valence-electron chi connectivity index (χ4n) is 3.02. The van der Waals surface area contributed by atoms with Gasteiger partial charge >= 0.3 is 0 Å². The molecular weight excluding hydrogens is 327 g/mol. The van der Waals surface area contributed by atoms with Gasteiger partial charge in [-0.1, -0.05) is 23.8 Å². The first kappa shape index (κ1) is 17.8. The Morgan fingerprint density at radius 2 is 1.92 bits per heavy atom. The van der Waals surface area contributed by atoms with Crippen LogP contribution in [0.2, 0.25) is 0 Å². The minimum Gasteiger partial charge on any atom is -0.340 e. The quantitative estimate of drug-likeness (QED) is 0.580. The molecule has 132 valence electrons. The maximum absolute atomic E-state index is 14.2. The van der Waals surface area contributed by atoms with Crippen LogP contribution in [-0.4, -0.2) is 17.3 Å². The Morgan fingerprint density at radius 1 is 1.08 bits per heavy atom. The van der Waals surface area contributed by atoms with Crippen LogP contribution in [0, 0.1) is 12.7 Å². The van der Waals surface area contributed by atoms with E-state index in [-0.39, 0.29) is 18.0 Å². The first-order valence-electron chi connectivity index (χ1n) is 8.63. The SMILES string of the molecule is CCN(c1cccnc1)c1cc(F)cc(CC(=O)c2cccc(C)c2)c1. The molecule has 0 amide bonds. The number of Topliss-reactive ketones (excluding diaryl/α,β-unsaturated/α-hetero) is 1. The molecule has 0 saturated heterocycles. The molecule has 0 atom stereocenters. The highest BCUT2D eigenvalue weighted by atomic mass is 19.1. The van der Waals surface area contributed by atoms with E-state index in [0.29, 0.717) is 23.4 Å². The highest BCUT2D eigenvalue weighted by Crippen LogP contribution is 2.26. The van der Waals surface area contributed by atoms with Crippen LogP contribution in [0.1, 0.15) is 28.4 Å². The van der Waals surface area contributed by atoms with Crippen LogP contribution in [0.3, 0.4) is 0 Å². The third-order valence-electron chi connectivity index (χ3n) is 4.23. The van der Waals surface area contributed by atoms with Crippen LogP contribution >= 0.6 is 0 Å². The normalized spacial score (nSPS) is 10.6. The summed E-state index contributed by atoms with van der Waals surface area (Å²) in [4.78, 5) is 18.7. The molecule has 0 aliphatic rings. The minimum atomic E-state index is -0.350. The Labute approximate surface area is 153 Å². The summed E-state index contributed by atoms with van der Waals surface area (Å²) in [6.45, 7) is 4.61. The second-order valence-electron chi connectivity index (χ2n) is 6.24. The van der Waals surface area contributed by atoms with Crippen molar-refractivity contribution < 1.29 is 9.18 Å². The van der Waals surface area contributed by atoms with Crippen LogP contribution in [0.4, 0.5) is 15.8 Å². The largest absolute Gasteiger partial charge is 0.340 e. The van der Waals surface area contributed by atoms with Gasteiger partial charge in [0.05, 0.1) is 11.9 Å². The molecule has 0 N–H and O–H groups in total. The van der Waals surface area contributed by atoms with Gasteiger partial charge in [0.15, 0.2) is 5.78 Å². The van der Waals surface area contributed by atoms with Gasteiger partial charge in [-0.2, -0.15) is 0 Å². The summed E-state index contributed by atoms with van der Waals surface area (Å²) in [6.07, 6.45) is 3.61. The number of aromatic nitrogens is 1. The number of anilines is 2. The highest BCUT2D eigenvalue weighted by Gasteiger charge is 2.13. The smallest absolute Gasteiger partial charge is 0.167 e. The second-order valence-corrected chi connectivity index (χ2v) is 6.24. The molecule has 0 spiro atoms. The number of nitrogens with zero attached hydrogens (tertiary/aromatic N) is 2. The molecule has 26 heavy (non-hydrogen) atoms. The Morgan fingerprint density at radius 3 is 2.62 bits per heavy atom. The molecular formula is C22H21FN2O. The minimum absolute atomic E-state index is 0.0188. The molecule has 3 nitrogen and oxygen atoms in total. The predicted octanol–water partition coefficient (Wildman–Crippen LogP) is 5.11. The Bertz CT molecular complexity index is 909. The topological polar surface area (TPSA) is 33.2 Å². The summed E-state index contributed by atoms with van der Waals surface area (Å²) in [5, 5.41) is 0. The second kappa shape index (κ2) is 7.91. The number of pyridine rings is 1. The summed E-state index contributed by atoms with van der Waals surface area (Å²) in [6, 6.07) is 16.0. The van der Waals surface area contributed by atoms with E-state index < -0.39 is 0 Å². The molecule has 0 bridgehead atoms. The number of aryl methyl sites for hydroxylation is 1. The van der Waals surface area contributed by atoms with E-state index in [1.54, 1.807) is 18.5 Å². The molecule has 0 aliphatic carbocycles. The standard InChI is InChI=1S/C22H21FN2O/c1-3-25(20-8-5-9-24-15-20)21-12-17(11-19(23)14-21)13-22(26)18-7-4-6-16(2)10-18/h4-12,14-15H,3,13H2,1-2H3. The zero-order chi connectivity index (χ0) is 18.5. The molecule has 0 saturated carbocycles. The first-order valence-corrected chi connectivity index (χ1v) is 8.63. The van der Waals surface area contributed by atoms with Gasteiger partial charge in [0.2, 0.25) is 0 Å². The van der Waals surface area contributed by atoms with Crippen molar-refractivity contribution in [2.75, 3.05) is 11.4 Å². The Balaban J connectivity index is 1.89. The van der Waals surface area contributed by atoms with Crippen molar-refractivity contribution in [3.63, 3.8) is 0 Å². The van der Waals surface area contributed by atoms with Gasteiger partial charge in [-0.05, 0) is 55.8 Å². The number of carbonyl (C=O) groups is 1.